The van der Waals surface area contributed by atoms with Gasteiger partial charge in [-0.05, 0) is 44.5 Å². The Morgan fingerprint density at radius 2 is 2.22 bits per heavy atom. The van der Waals surface area contributed by atoms with E-state index >= 15 is 0 Å². The van der Waals surface area contributed by atoms with E-state index in [-0.39, 0.29) is 5.91 Å². The van der Waals surface area contributed by atoms with E-state index in [0.717, 1.165) is 24.3 Å². The van der Waals surface area contributed by atoms with Crippen molar-refractivity contribution in [2.45, 2.75) is 25.4 Å². The van der Waals surface area contributed by atoms with Gasteiger partial charge in [0.05, 0.1) is 0 Å². The van der Waals surface area contributed by atoms with Crippen LogP contribution in [0.4, 0.5) is 5.69 Å². The number of ether oxygens (including phenoxy) is 1. The van der Waals surface area contributed by atoms with Gasteiger partial charge in [0.25, 0.3) is 5.91 Å². The maximum absolute atomic E-state index is 12.4. The summed E-state index contributed by atoms with van der Waals surface area (Å²) in [5.74, 6) is -0.0687. The standard InChI is InChI=1S/C13H19N3O2/c1-10-9-15-6-3-11(10)16-12(17)13(18-2)4-7-14-8-5-13/h3,6,9,14H,4-5,7-8H2,1-2H3,(H,15,16,17). The molecule has 98 valence electrons. The minimum absolute atomic E-state index is 0.0687. The summed E-state index contributed by atoms with van der Waals surface area (Å²) in [5.41, 5.74) is 1.04. The first-order chi connectivity index (χ1) is 8.68. The fraction of sp³-hybridized carbons (Fsp3) is 0.538. The molecule has 1 aromatic heterocycles. The molecule has 2 N–H and O–H groups in total. The van der Waals surface area contributed by atoms with Crippen molar-refractivity contribution in [3.63, 3.8) is 0 Å². The lowest BCUT2D eigenvalue weighted by molar-refractivity contribution is -0.140. The van der Waals surface area contributed by atoms with Crippen LogP contribution in [-0.4, -0.2) is 36.7 Å². The summed E-state index contributed by atoms with van der Waals surface area (Å²) in [6.45, 7) is 3.53. The molecule has 1 saturated heterocycles. The maximum atomic E-state index is 12.4. The normalized spacial score (nSPS) is 18.3. The lowest BCUT2D eigenvalue weighted by atomic mass is 9.91. The van der Waals surface area contributed by atoms with Crippen molar-refractivity contribution in [1.82, 2.24) is 10.3 Å². The molecule has 18 heavy (non-hydrogen) atoms. The quantitative estimate of drug-likeness (QED) is 0.842. The molecule has 5 heteroatoms. The molecule has 1 aromatic rings. The molecule has 1 aliphatic heterocycles. The monoisotopic (exact) mass is 249 g/mol. The zero-order chi connectivity index (χ0) is 13.0. The minimum atomic E-state index is -0.707. The van der Waals surface area contributed by atoms with Crippen molar-refractivity contribution in [3.8, 4) is 0 Å². The molecule has 0 saturated carbocycles. The third-order valence-corrected chi connectivity index (χ3v) is 3.48. The van der Waals surface area contributed by atoms with Gasteiger partial charge in [-0.15, -0.1) is 0 Å². The Kier molecular flexibility index (Phi) is 3.93. The maximum Gasteiger partial charge on any atom is 0.256 e. The van der Waals surface area contributed by atoms with Crippen LogP contribution in [0.15, 0.2) is 18.5 Å². The summed E-state index contributed by atoms with van der Waals surface area (Å²) in [7, 11) is 1.60. The lowest BCUT2D eigenvalue weighted by Gasteiger charge is -2.34. The van der Waals surface area contributed by atoms with Gasteiger partial charge in [-0.2, -0.15) is 0 Å². The smallest absolute Gasteiger partial charge is 0.256 e. The highest BCUT2D eigenvalue weighted by Gasteiger charge is 2.39. The van der Waals surface area contributed by atoms with Crippen LogP contribution in [0, 0.1) is 6.92 Å². The first-order valence-electron chi connectivity index (χ1n) is 6.16. The molecule has 1 amide bonds. The second-order valence-corrected chi connectivity index (χ2v) is 4.59. The van der Waals surface area contributed by atoms with Crippen molar-refractivity contribution in [1.29, 1.82) is 0 Å². The fourth-order valence-electron chi connectivity index (χ4n) is 2.20. The van der Waals surface area contributed by atoms with Crippen LogP contribution in [0.5, 0.6) is 0 Å². The Hall–Kier alpha value is -1.46. The number of aryl methyl sites for hydroxylation is 1. The van der Waals surface area contributed by atoms with E-state index in [1.165, 1.54) is 0 Å². The largest absolute Gasteiger partial charge is 0.368 e. The molecule has 2 heterocycles. The van der Waals surface area contributed by atoms with E-state index < -0.39 is 5.60 Å². The number of pyridine rings is 1. The summed E-state index contributed by atoms with van der Waals surface area (Å²) in [4.78, 5) is 16.4. The zero-order valence-electron chi connectivity index (χ0n) is 10.8. The number of nitrogens with zero attached hydrogens (tertiary/aromatic N) is 1. The number of hydrogen-bond donors (Lipinski definition) is 2. The first-order valence-corrected chi connectivity index (χ1v) is 6.16. The number of rotatable bonds is 3. The molecular formula is C13H19N3O2. The average molecular weight is 249 g/mol. The molecule has 0 aliphatic carbocycles. The van der Waals surface area contributed by atoms with Gasteiger partial charge in [0, 0.05) is 25.2 Å². The first kappa shape index (κ1) is 13.0. The van der Waals surface area contributed by atoms with E-state index in [2.05, 4.69) is 15.6 Å². The Morgan fingerprint density at radius 3 is 2.83 bits per heavy atom. The van der Waals surface area contributed by atoms with Crippen molar-refractivity contribution in [3.05, 3.63) is 24.0 Å². The van der Waals surface area contributed by atoms with Crippen molar-refractivity contribution in [2.24, 2.45) is 0 Å². The van der Waals surface area contributed by atoms with Crippen LogP contribution in [0.3, 0.4) is 0 Å². The highest BCUT2D eigenvalue weighted by molar-refractivity contribution is 5.97. The third-order valence-electron chi connectivity index (χ3n) is 3.48. The number of amides is 1. The van der Waals surface area contributed by atoms with Gasteiger partial charge in [-0.3, -0.25) is 9.78 Å². The van der Waals surface area contributed by atoms with Crippen molar-refractivity contribution >= 4 is 11.6 Å². The van der Waals surface area contributed by atoms with Crippen LogP contribution in [0.1, 0.15) is 18.4 Å². The molecular weight excluding hydrogens is 230 g/mol. The van der Waals surface area contributed by atoms with Gasteiger partial charge in [0.15, 0.2) is 0 Å². The lowest BCUT2D eigenvalue weighted by Crippen LogP contribution is -2.51. The number of aromatic nitrogens is 1. The highest BCUT2D eigenvalue weighted by Crippen LogP contribution is 2.25. The Labute approximate surface area is 107 Å². The van der Waals surface area contributed by atoms with Gasteiger partial charge >= 0.3 is 0 Å². The Morgan fingerprint density at radius 1 is 1.50 bits per heavy atom. The molecule has 5 nitrogen and oxygen atoms in total. The molecule has 1 fully saturated rings. The SMILES string of the molecule is COC1(C(=O)Nc2ccncc2C)CCNCC1. The minimum Gasteiger partial charge on any atom is -0.368 e. The number of methoxy groups -OCH3 is 1. The van der Waals surface area contributed by atoms with Gasteiger partial charge in [-0.1, -0.05) is 0 Å². The molecule has 0 spiro atoms. The number of anilines is 1. The summed E-state index contributed by atoms with van der Waals surface area (Å²) >= 11 is 0. The molecule has 0 radical (unpaired) electrons. The van der Waals surface area contributed by atoms with Gasteiger partial charge in [0.1, 0.15) is 5.60 Å². The molecule has 0 aromatic carbocycles. The summed E-state index contributed by atoms with van der Waals surface area (Å²) in [6, 6.07) is 1.80. The molecule has 0 atom stereocenters. The van der Waals surface area contributed by atoms with E-state index in [1.807, 2.05) is 6.92 Å². The summed E-state index contributed by atoms with van der Waals surface area (Å²) in [5, 5.41) is 6.17. The topological polar surface area (TPSA) is 63.2 Å². The predicted octanol–water partition coefficient (Wildman–Crippen LogP) is 1.10. The van der Waals surface area contributed by atoms with Crippen LogP contribution in [0.2, 0.25) is 0 Å². The van der Waals surface area contributed by atoms with Crippen molar-refractivity contribution < 1.29 is 9.53 Å². The van der Waals surface area contributed by atoms with Crippen LogP contribution in [-0.2, 0) is 9.53 Å². The van der Waals surface area contributed by atoms with Crippen LogP contribution < -0.4 is 10.6 Å². The predicted molar refractivity (Wildman–Crippen MR) is 69.4 cm³/mol. The molecule has 1 aliphatic rings. The van der Waals surface area contributed by atoms with Gasteiger partial charge < -0.3 is 15.4 Å². The van der Waals surface area contributed by atoms with Gasteiger partial charge in [-0.25, -0.2) is 0 Å². The number of hydrogen-bond acceptors (Lipinski definition) is 4. The Balaban J connectivity index is 2.13. The Bertz CT molecular complexity index is 428. The molecule has 0 bridgehead atoms. The fourth-order valence-corrected chi connectivity index (χ4v) is 2.20. The molecule has 2 rings (SSSR count). The summed E-state index contributed by atoms with van der Waals surface area (Å²) < 4.78 is 5.48. The number of carbonyl (C=O) groups is 1. The average Bonchev–Trinajstić information content (AvgIpc) is 2.42. The van der Waals surface area contributed by atoms with E-state index in [4.69, 9.17) is 4.74 Å². The third kappa shape index (κ3) is 2.52. The molecule has 0 unspecified atom stereocenters. The second kappa shape index (κ2) is 5.46. The highest BCUT2D eigenvalue weighted by atomic mass is 16.5. The van der Waals surface area contributed by atoms with E-state index in [1.54, 1.807) is 25.6 Å². The summed E-state index contributed by atoms with van der Waals surface area (Å²) in [6.07, 6.45) is 4.79. The second-order valence-electron chi connectivity index (χ2n) is 4.59. The number of piperidine rings is 1. The van der Waals surface area contributed by atoms with E-state index in [9.17, 15) is 4.79 Å². The van der Waals surface area contributed by atoms with E-state index in [0.29, 0.717) is 12.8 Å². The zero-order valence-corrected chi connectivity index (χ0v) is 10.8. The van der Waals surface area contributed by atoms with Crippen LogP contribution in [0.25, 0.3) is 0 Å². The number of nitrogens with one attached hydrogen (secondary N) is 2. The van der Waals surface area contributed by atoms with Crippen molar-refractivity contribution in [2.75, 3.05) is 25.5 Å². The van der Waals surface area contributed by atoms with Gasteiger partial charge in [0.2, 0.25) is 0 Å². The number of carbonyl (C=O) groups excluding carboxylic acids is 1. The van der Waals surface area contributed by atoms with Crippen LogP contribution >= 0.6 is 0 Å².